The monoisotopic (exact) mass is 438 g/mol. The minimum atomic E-state index is -0.268. The Labute approximate surface area is 191 Å². The molecule has 2 aromatic rings. The zero-order valence-electron chi connectivity index (χ0n) is 19.3. The highest BCUT2D eigenvalue weighted by Crippen LogP contribution is 2.32. The third-order valence-electron chi connectivity index (χ3n) is 6.48. The molecule has 0 radical (unpaired) electrons. The molecule has 1 heterocycles. The fraction of sp³-hybridized carbons (Fsp3) is 0.500. The van der Waals surface area contributed by atoms with E-state index in [1.165, 1.54) is 36.6 Å². The molecule has 172 valence electrons. The minimum Gasteiger partial charge on any atom is -0.376 e. The summed E-state index contributed by atoms with van der Waals surface area (Å²) < 4.78 is 14.2. The number of nitrogens with zero attached hydrogens (tertiary/aromatic N) is 3. The maximum atomic E-state index is 14.2. The van der Waals surface area contributed by atoms with Gasteiger partial charge in [0.05, 0.1) is 6.54 Å². The van der Waals surface area contributed by atoms with Gasteiger partial charge < -0.3 is 15.1 Å². The number of nitrogens with one attached hydrogen (secondary N) is 1. The summed E-state index contributed by atoms with van der Waals surface area (Å²) >= 11 is 0. The molecule has 1 aliphatic carbocycles. The van der Waals surface area contributed by atoms with Crippen molar-refractivity contribution in [2.75, 3.05) is 52.1 Å². The molecule has 2 aromatic carbocycles. The van der Waals surface area contributed by atoms with E-state index < -0.39 is 0 Å². The number of rotatable bonds is 10. The third-order valence-corrected chi connectivity index (χ3v) is 6.48. The molecule has 32 heavy (non-hydrogen) atoms. The van der Waals surface area contributed by atoms with Crippen LogP contribution in [0.15, 0.2) is 42.5 Å². The molecule has 1 saturated carbocycles. The van der Waals surface area contributed by atoms with Crippen molar-refractivity contribution < 1.29 is 9.18 Å². The molecule has 0 unspecified atom stereocenters. The van der Waals surface area contributed by atoms with Gasteiger partial charge in [-0.15, -0.1) is 0 Å². The molecule has 0 aromatic heterocycles. The van der Waals surface area contributed by atoms with Crippen LogP contribution in [0.2, 0.25) is 0 Å². The van der Waals surface area contributed by atoms with Crippen LogP contribution in [0.1, 0.15) is 29.5 Å². The van der Waals surface area contributed by atoms with Crippen LogP contribution < -0.4 is 5.32 Å². The summed E-state index contributed by atoms with van der Waals surface area (Å²) in [7, 11) is 3.96. The van der Waals surface area contributed by atoms with Crippen molar-refractivity contribution in [3.05, 3.63) is 65.0 Å². The summed E-state index contributed by atoms with van der Waals surface area (Å²) in [5.41, 5.74) is 4.30. The van der Waals surface area contributed by atoms with E-state index in [0.717, 1.165) is 37.7 Å². The Balaban J connectivity index is 1.39. The largest absolute Gasteiger partial charge is 0.376 e. The van der Waals surface area contributed by atoms with E-state index in [-0.39, 0.29) is 24.8 Å². The van der Waals surface area contributed by atoms with Crippen LogP contribution >= 0.6 is 0 Å². The van der Waals surface area contributed by atoms with Gasteiger partial charge in [-0.2, -0.15) is 0 Å². The van der Waals surface area contributed by atoms with Gasteiger partial charge in [-0.05, 0) is 62.5 Å². The van der Waals surface area contributed by atoms with Crippen LogP contribution in [-0.2, 0) is 24.3 Å². The van der Waals surface area contributed by atoms with Crippen molar-refractivity contribution in [1.29, 1.82) is 0 Å². The Morgan fingerprint density at radius 1 is 1.12 bits per heavy atom. The molecule has 1 aliphatic heterocycles. The second-order valence-electron chi connectivity index (χ2n) is 9.44. The lowest BCUT2D eigenvalue weighted by atomic mass is 9.97. The van der Waals surface area contributed by atoms with E-state index in [1.54, 1.807) is 17.0 Å². The third kappa shape index (κ3) is 6.08. The lowest BCUT2D eigenvalue weighted by Crippen LogP contribution is -2.39. The van der Waals surface area contributed by atoms with Gasteiger partial charge in [0, 0.05) is 50.5 Å². The lowest BCUT2D eigenvalue weighted by molar-refractivity contribution is -0.130. The van der Waals surface area contributed by atoms with Crippen molar-refractivity contribution >= 4 is 11.6 Å². The summed E-state index contributed by atoms with van der Waals surface area (Å²) in [5.74, 6) is 0.618. The summed E-state index contributed by atoms with van der Waals surface area (Å²) in [6, 6.07) is 13.1. The number of amides is 1. The van der Waals surface area contributed by atoms with E-state index in [1.807, 2.05) is 25.1 Å². The number of carbonyl (C=O) groups is 1. The quantitative estimate of drug-likeness (QED) is 0.615. The zero-order chi connectivity index (χ0) is 22.5. The van der Waals surface area contributed by atoms with Gasteiger partial charge in [-0.1, -0.05) is 30.3 Å². The van der Waals surface area contributed by atoms with Crippen LogP contribution in [-0.4, -0.2) is 67.4 Å². The van der Waals surface area contributed by atoms with Crippen LogP contribution in [0.3, 0.4) is 0 Å². The molecule has 1 N–H and O–H groups in total. The molecular weight excluding hydrogens is 403 g/mol. The van der Waals surface area contributed by atoms with Gasteiger partial charge in [-0.3, -0.25) is 9.69 Å². The van der Waals surface area contributed by atoms with Gasteiger partial charge in [-0.25, -0.2) is 4.39 Å². The first-order valence-corrected chi connectivity index (χ1v) is 11.7. The standard InChI is InChI=1S/C26H35FN4O/c1-29(2)14-15-31(19-22-6-3-4-8-24(22)27)26(32)16-28-25-9-5-7-21-18-30(13-12-23(21)25)17-20-10-11-20/h3-9,20,28H,10-19H2,1-2H3. The number of anilines is 1. The molecular formula is C26H35FN4O. The van der Waals surface area contributed by atoms with Crippen molar-refractivity contribution in [3.63, 3.8) is 0 Å². The number of benzene rings is 2. The van der Waals surface area contributed by atoms with Gasteiger partial charge in [0.1, 0.15) is 5.82 Å². The SMILES string of the molecule is CN(C)CCN(Cc1ccccc1F)C(=O)CNc1cccc2c1CCN(CC1CC1)C2. The number of halogens is 1. The molecule has 0 atom stereocenters. The first kappa shape index (κ1) is 22.7. The maximum Gasteiger partial charge on any atom is 0.242 e. The Hall–Kier alpha value is -2.44. The topological polar surface area (TPSA) is 38.8 Å². The summed E-state index contributed by atoms with van der Waals surface area (Å²) in [4.78, 5) is 19.5. The highest BCUT2D eigenvalue weighted by Gasteiger charge is 2.27. The van der Waals surface area contributed by atoms with E-state index in [0.29, 0.717) is 12.1 Å². The zero-order valence-corrected chi connectivity index (χ0v) is 19.3. The molecule has 5 nitrogen and oxygen atoms in total. The number of fused-ring (bicyclic) bond motifs is 1. The number of hydrogen-bond acceptors (Lipinski definition) is 4. The molecule has 1 fully saturated rings. The van der Waals surface area contributed by atoms with Crippen LogP contribution in [0.25, 0.3) is 0 Å². The Morgan fingerprint density at radius 2 is 1.94 bits per heavy atom. The first-order chi connectivity index (χ1) is 15.5. The second kappa shape index (κ2) is 10.5. The fourth-order valence-electron chi connectivity index (χ4n) is 4.38. The maximum absolute atomic E-state index is 14.2. The van der Waals surface area contributed by atoms with Gasteiger partial charge in [0.25, 0.3) is 0 Å². The predicted molar refractivity (Wildman–Crippen MR) is 127 cm³/mol. The van der Waals surface area contributed by atoms with Crippen molar-refractivity contribution in [3.8, 4) is 0 Å². The molecule has 2 aliphatic rings. The molecule has 4 rings (SSSR count). The minimum absolute atomic E-state index is 0.0149. The van der Waals surface area contributed by atoms with Crippen LogP contribution in [0.5, 0.6) is 0 Å². The summed E-state index contributed by atoms with van der Waals surface area (Å²) in [6.07, 6.45) is 3.77. The van der Waals surface area contributed by atoms with Gasteiger partial charge in [0.15, 0.2) is 0 Å². The average molecular weight is 439 g/mol. The first-order valence-electron chi connectivity index (χ1n) is 11.7. The average Bonchev–Trinajstić information content (AvgIpc) is 3.59. The molecule has 0 saturated heterocycles. The van der Waals surface area contributed by atoms with E-state index in [4.69, 9.17) is 0 Å². The highest BCUT2D eigenvalue weighted by molar-refractivity contribution is 5.81. The smallest absolute Gasteiger partial charge is 0.242 e. The summed E-state index contributed by atoms with van der Waals surface area (Å²) in [5, 5.41) is 3.39. The summed E-state index contributed by atoms with van der Waals surface area (Å²) in [6.45, 7) is 5.08. The number of carbonyl (C=O) groups excluding carboxylic acids is 1. The number of likely N-dealkylation sites (N-methyl/N-ethyl adjacent to an activating group) is 1. The Bertz CT molecular complexity index is 928. The van der Waals surface area contributed by atoms with Gasteiger partial charge in [0.2, 0.25) is 5.91 Å². The molecule has 0 bridgehead atoms. The van der Waals surface area contributed by atoms with Crippen LogP contribution in [0, 0.1) is 11.7 Å². The molecule has 6 heteroatoms. The van der Waals surface area contributed by atoms with E-state index in [2.05, 4.69) is 28.4 Å². The van der Waals surface area contributed by atoms with Crippen LogP contribution in [0.4, 0.5) is 10.1 Å². The van der Waals surface area contributed by atoms with Gasteiger partial charge >= 0.3 is 0 Å². The Morgan fingerprint density at radius 3 is 2.69 bits per heavy atom. The molecule has 0 spiro atoms. The van der Waals surface area contributed by atoms with E-state index >= 15 is 0 Å². The van der Waals surface area contributed by atoms with Crippen molar-refractivity contribution in [1.82, 2.24) is 14.7 Å². The highest BCUT2D eigenvalue weighted by atomic mass is 19.1. The number of hydrogen-bond donors (Lipinski definition) is 1. The normalized spacial score (nSPS) is 16.1. The fourth-order valence-corrected chi connectivity index (χ4v) is 4.38. The molecule has 1 amide bonds. The van der Waals surface area contributed by atoms with Crippen molar-refractivity contribution in [2.24, 2.45) is 5.92 Å². The predicted octanol–water partition coefficient (Wildman–Crippen LogP) is 3.60. The lowest BCUT2D eigenvalue weighted by Gasteiger charge is -2.30. The van der Waals surface area contributed by atoms with Crippen molar-refractivity contribution in [2.45, 2.75) is 32.4 Å². The Kier molecular flexibility index (Phi) is 7.43. The van der Waals surface area contributed by atoms with E-state index in [9.17, 15) is 9.18 Å². The second-order valence-corrected chi connectivity index (χ2v) is 9.44.